The number of hydrogen-bond acceptors (Lipinski definition) is 2. The highest BCUT2D eigenvalue weighted by atomic mass is 16.2. The minimum absolute atomic E-state index is 0.130. The second-order valence-electron chi connectivity index (χ2n) is 2.65. The van der Waals surface area contributed by atoms with Crippen molar-refractivity contribution >= 4 is 11.8 Å². The standard InChI is InChI=1S/C7H12N2O2/c1-3-9-5(2)4-8-6(10)7(9)11/h5H,3-4H2,1-2H3,(H,8,10)/t5-/m0/s1. The molecule has 1 rings (SSSR count). The monoisotopic (exact) mass is 156 g/mol. The molecule has 0 aromatic heterocycles. The Morgan fingerprint density at radius 1 is 1.64 bits per heavy atom. The molecule has 1 saturated heterocycles. The first-order chi connectivity index (χ1) is 5.16. The SMILES string of the molecule is CCN1C(=O)C(=O)NC[C@@H]1C. The molecule has 4 heteroatoms. The van der Waals surface area contributed by atoms with Crippen molar-refractivity contribution in [3.05, 3.63) is 0 Å². The molecular formula is C7H12N2O2. The summed E-state index contributed by atoms with van der Waals surface area (Å²) in [5.41, 5.74) is 0. The van der Waals surface area contributed by atoms with Crippen LogP contribution in [0.5, 0.6) is 0 Å². The Kier molecular flexibility index (Phi) is 2.12. The lowest BCUT2D eigenvalue weighted by Crippen LogP contribution is -2.56. The van der Waals surface area contributed by atoms with Crippen LogP contribution in [-0.2, 0) is 9.59 Å². The van der Waals surface area contributed by atoms with Gasteiger partial charge in [0.15, 0.2) is 0 Å². The first kappa shape index (κ1) is 8.04. The largest absolute Gasteiger partial charge is 0.346 e. The molecule has 1 aliphatic heterocycles. The molecule has 1 N–H and O–H groups in total. The van der Waals surface area contributed by atoms with Crippen molar-refractivity contribution in [1.29, 1.82) is 0 Å². The van der Waals surface area contributed by atoms with E-state index >= 15 is 0 Å². The minimum atomic E-state index is -0.482. The van der Waals surface area contributed by atoms with Gasteiger partial charge in [-0.15, -0.1) is 0 Å². The van der Waals surface area contributed by atoms with Crippen LogP contribution in [0.3, 0.4) is 0 Å². The lowest BCUT2D eigenvalue weighted by molar-refractivity contribution is -0.149. The Morgan fingerprint density at radius 3 is 2.73 bits per heavy atom. The smallest absolute Gasteiger partial charge is 0.312 e. The van der Waals surface area contributed by atoms with E-state index in [9.17, 15) is 9.59 Å². The van der Waals surface area contributed by atoms with Crippen LogP contribution < -0.4 is 5.32 Å². The molecule has 4 nitrogen and oxygen atoms in total. The highest BCUT2D eigenvalue weighted by Gasteiger charge is 2.29. The topological polar surface area (TPSA) is 49.4 Å². The first-order valence-corrected chi connectivity index (χ1v) is 3.75. The zero-order valence-corrected chi connectivity index (χ0v) is 6.76. The Labute approximate surface area is 65.6 Å². The van der Waals surface area contributed by atoms with Gasteiger partial charge in [-0.1, -0.05) is 0 Å². The second-order valence-corrected chi connectivity index (χ2v) is 2.65. The molecule has 62 valence electrons. The van der Waals surface area contributed by atoms with Gasteiger partial charge in [0.25, 0.3) is 0 Å². The van der Waals surface area contributed by atoms with E-state index in [2.05, 4.69) is 5.32 Å². The van der Waals surface area contributed by atoms with Gasteiger partial charge in [-0.3, -0.25) is 9.59 Å². The molecule has 1 atom stereocenters. The third-order valence-electron chi connectivity index (χ3n) is 1.89. The van der Waals surface area contributed by atoms with Crippen molar-refractivity contribution in [2.24, 2.45) is 0 Å². The van der Waals surface area contributed by atoms with Gasteiger partial charge in [0.05, 0.1) is 0 Å². The average Bonchev–Trinajstić information content (AvgIpc) is 1.99. The van der Waals surface area contributed by atoms with Crippen molar-refractivity contribution in [2.75, 3.05) is 13.1 Å². The molecule has 1 heterocycles. The lowest BCUT2D eigenvalue weighted by atomic mass is 10.2. The molecule has 1 fully saturated rings. The van der Waals surface area contributed by atoms with Crippen LogP contribution in [0.15, 0.2) is 0 Å². The summed E-state index contributed by atoms with van der Waals surface area (Å²) >= 11 is 0. The van der Waals surface area contributed by atoms with Crippen LogP contribution in [0.2, 0.25) is 0 Å². The third kappa shape index (κ3) is 1.34. The number of carbonyl (C=O) groups is 2. The summed E-state index contributed by atoms with van der Waals surface area (Å²) in [7, 11) is 0. The number of hydrogen-bond donors (Lipinski definition) is 1. The molecule has 0 unspecified atom stereocenters. The highest BCUT2D eigenvalue weighted by molar-refractivity contribution is 6.35. The van der Waals surface area contributed by atoms with Gasteiger partial charge in [-0.25, -0.2) is 0 Å². The maximum Gasteiger partial charge on any atom is 0.312 e. The number of piperazine rings is 1. The van der Waals surface area contributed by atoms with Crippen molar-refractivity contribution in [3.8, 4) is 0 Å². The predicted molar refractivity (Wildman–Crippen MR) is 39.9 cm³/mol. The summed E-state index contributed by atoms with van der Waals surface area (Å²) in [6, 6.07) is 0.130. The Balaban J connectivity index is 2.71. The van der Waals surface area contributed by atoms with Crippen LogP contribution >= 0.6 is 0 Å². The van der Waals surface area contributed by atoms with Gasteiger partial charge in [0.2, 0.25) is 0 Å². The molecule has 0 aromatic rings. The average molecular weight is 156 g/mol. The van der Waals surface area contributed by atoms with E-state index in [1.54, 1.807) is 4.90 Å². The molecular weight excluding hydrogens is 144 g/mol. The van der Waals surface area contributed by atoms with E-state index in [0.717, 1.165) is 0 Å². The second kappa shape index (κ2) is 2.90. The van der Waals surface area contributed by atoms with E-state index in [1.807, 2.05) is 13.8 Å². The highest BCUT2D eigenvalue weighted by Crippen LogP contribution is 2.02. The predicted octanol–water partition coefficient (Wildman–Crippen LogP) is -0.647. The van der Waals surface area contributed by atoms with Crippen molar-refractivity contribution in [2.45, 2.75) is 19.9 Å². The fourth-order valence-electron chi connectivity index (χ4n) is 1.21. The normalized spacial score (nSPS) is 25.3. The van der Waals surface area contributed by atoms with Crippen molar-refractivity contribution < 1.29 is 9.59 Å². The molecule has 0 aliphatic carbocycles. The van der Waals surface area contributed by atoms with Gasteiger partial charge in [0.1, 0.15) is 0 Å². The summed E-state index contributed by atoms with van der Waals surface area (Å²) in [4.78, 5) is 23.5. The van der Waals surface area contributed by atoms with E-state index in [1.165, 1.54) is 0 Å². The number of amides is 2. The third-order valence-corrected chi connectivity index (χ3v) is 1.89. The fraction of sp³-hybridized carbons (Fsp3) is 0.714. The molecule has 0 saturated carbocycles. The van der Waals surface area contributed by atoms with Gasteiger partial charge in [0, 0.05) is 19.1 Å². The van der Waals surface area contributed by atoms with Crippen LogP contribution in [0.1, 0.15) is 13.8 Å². The number of nitrogens with zero attached hydrogens (tertiary/aromatic N) is 1. The van der Waals surface area contributed by atoms with Gasteiger partial charge >= 0.3 is 11.8 Å². The van der Waals surface area contributed by atoms with E-state index in [0.29, 0.717) is 13.1 Å². The molecule has 0 aromatic carbocycles. The number of nitrogens with one attached hydrogen (secondary N) is 1. The molecule has 0 spiro atoms. The summed E-state index contributed by atoms with van der Waals surface area (Å²) < 4.78 is 0. The van der Waals surface area contributed by atoms with Gasteiger partial charge in [-0.05, 0) is 13.8 Å². The summed E-state index contributed by atoms with van der Waals surface area (Å²) in [6.07, 6.45) is 0. The fourth-order valence-corrected chi connectivity index (χ4v) is 1.21. The quantitative estimate of drug-likeness (QED) is 0.513. The molecule has 0 radical (unpaired) electrons. The Bertz CT molecular complexity index is 191. The van der Waals surface area contributed by atoms with E-state index in [-0.39, 0.29) is 6.04 Å². The number of carbonyl (C=O) groups excluding carboxylic acids is 2. The van der Waals surface area contributed by atoms with Crippen LogP contribution in [0.25, 0.3) is 0 Å². The van der Waals surface area contributed by atoms with E-state index < -0.39 is 11.8 Å². The molecule has 1 aliphatic rings. The zero-order valence-electron chi connectivity index (χ0n) is 6.76. The van der Waals surface area contributed by atoms with Crippen LogP contribution in [0.4, 0.5) is 0 Å². The molecule has 0 bridgehead atoms. The number of rotatable bonds is 1. The number of likely N-dealkylation sites (N-methyl/N-ethyl adjacent to an activating group) is 1. The van der Waals surface area contributed by atoms with Crippen LogP contribution in [-0.4, -0.2) is 35.8 Å². The first-order valence-electron chi connectivity index (χ1n) is 3.75. The van der Waals surface area contributed by atoms with Gasteiger partial charge < -0.3 is 10.2 Å². The summed E-state index contributed by atoms with van der Waals surface area (Å²) in [6.45, 7) is 4.96. The van der Waals surface area contributed by atoms with Crippen LogP contribution in [0, 0.1) is 0 Å². The molecule has 11 heavy (non-hydrogen) atoms. The van der Waals surface area contributed by atoms with E-state index in [4.69, 9.17) is 0 Å². The zero-order chi connectivity index (χ0) is 8.43. The summed E-state index contributed by atoms with van der Waals surface area (Å²) in [5, 5.41) is 2.52. The molecule has 2 amide bonds. The maximum atomic E-state index is 11.1. The maximum absolute atomic E-state index is 11.1. The lowest BCUT2D eigenvalue weighted by Gasteiger charge is -2.31. The van der Waals surface area contributed by atoms with Crippen molar-refractivity contribution in [1.82, 2.24) is 10.2 Å². The van der Waals surface area contributed by atoms with Crippen molar-refractivity contribution in [3.63, 3.8) is 0 Å². The Morgan fingerprint density at radius 2 is 2.27 bits per heavy atom. The van der Waals surface area contributed by atoms with Gasteiger partial charge in [-0.2, -0.15) is 0 Å². The minimum Gasteiger partial charge on any atom is -0.346 e. The Hall–Kier alpha value is -1.06. The summed E-state index contributed by atoms with van der Waals surface area (Å²) in [5.74, 6) is -0.892.